The van der Waals surface area contributed by atoms with Crippen LogP contribution in [-0.2, 0) is 14.3 Å². The van der Waals surface area contributed by atoms with Crippen LogP contribution in [0.5, 0.6) is 0 Å². The van der Waals surface area contributed by atoms with Crippen LogP contribution in [0, 0.1) is 23.7 Å². The van der Waals surface area contributed by atoms with Crippen molar-refractivity contribution in [1.82, 2.24) is 0 Å². The predicted molar refractivity (Wildman–Crippen MR) is 114 cm³/mol. The number of carbonyl (C=O) groups excluding carboxylic acids is 2. The summed E-state index contributed by atoms with van der Waals surface area (Å²) in [5, 5.41) is 10.2. The van der Waals surface area contributed by atoms with E-state index in [2.05, 4.69) is 19.2 Å². The van der Waals surface area contributed by atoms with E-state index in [1.54, 1.807) is 13.8 Å². The number of aliphatic hydroxyl groups excluding tert-OH is 1. The van der Waals surface area contributed by atoms with Crippen molar-refractivity contribution in [3.05, 3.63) is 12.2 Å². The van der Waals surface area contributed by atoms with Crippen LogP contribution in [-0.4, -0.2) is 37.1 Å². The van der Waals surface area contributed by atoms with Crippen molar-refractivity contribution in [3.63, 3.8) is 0 Å². The highest BCUT2D eigenvalue weighted by Gasteiger charge is 2.42. The van der Waals surface area contributed by atoms with Gasteiger partial charge in [0.2, 0.25) is 0 Å². The quantitative estimate of drug-likeness (QED) is 0.522. The molecule has 0 aromatic carbocycles. The number of nitrogens with two attached hydrogens (primary N) is 1. The fraction of sp³-hybridized carbons (Fsp3) is 0.818. The molecule has 5 nitrogen and oxygen atoms in total. The van der Waals surface area contributed by atoms with Crippen LogP contribution in [0.1, 0.15) is 74.1 Å². The number of hydrogen-bond donors (Lipinski definition) is 2. The van der Waals surface area contributed by atoms with E-state index >= 15 is 0 Å². The molecule has 0 spiro atoms. The molecular weight excluding hydrogens is 342 g/mol. The number of ether oxygens (including phenoxy) is 1. The number of methoxy groups -OCH3 is 1. The lowest BCUT2D eigenvalue weighted by atomic mass is 9.62. The van der Waals surface area contributed by atoms with E-state index in [4.69, 9.17) is 4.74 Å². The molecule has 162 valence electrons. The molecular formula is C22H45NO4. The van der Waals surface area contributed by atoms with E-state index in [0.29, 0.717) is 17.9 Å². The van der Waals surface area contributed by atoms with Gasteiger partial charge in [-0.15, -0.1) is 0 Å². The molecule has 1 fully saturated rings. The van der Waals surface area contributed by atoms with Gasteiger partial charge >= 0.3 is 5.97 Å². The third-order valence-electron chi connectivity index (χ3n) is 4.90. The third kappa shape index (κ3) is 10.6. The fourth-order valence-electron chi connectivity index (χ4n) is 3.76. The van der Waals surface area contributed by atoms with Crippen LogP contribution in [0.4, 0.5) is 0 Å². The Morgan fingerprint density at radius 2 is 1.67 bits per heavy atom. The fourth-order valence-corrected chi connectivity index (χ4v) is 3.76. The number of ketones is 1. The van der Waals surface area contributed by atoms with Crippen LogP contribution < -0.4 is 5.73 Å². The van der Waals surface area contributed by atoms with Crippen LogP contribution >= 0.6 is 0 Å². The lowest BCUT2D eigenvalue weighted by Crippen LogP contribution is -2.41. The average Bonchev–Trinajstić information content (AvgIpc) is 2.69. The maximum absolute atomic E-state index is 11.8. The second-order valence-corrected chi connectivity index (χ2v) is 6.40. The normalized spacial score (nSPS) is 24.4. The van der Waals surface area contributed by atoms with Crippen molar-refractivity contribution < 1.29 is 19.4 Å². The van der Waals surface area contributed by atoms with Crippen molar-refractivity contribution in [2.75, 3.05) is 14.2 Å². The molecule has 0 aromatic heterocycles. The first-order chi connectivity index (χ1) is 12.8. The molecule has 0 radical (unpaired) electrons. The van der Waals surface area contributed by atoms with Gasteiger partial charge in [-0.05, 0) is 63.8 Å². The average molecular weight is 388 g/mol. The van der Waals surface area contributed by atoms with Gasteiger partial charge in [0.05, 0.1) is 13.2 Å². The van der Waals surface area contributed by atoms with Gasteiger partial charge in [-0.25, -0.2) is 4.79 Å². The number of esters is 1. The molecule has 0 bridgehead atoms. The molecule has 1 saturated carbocycles. The minimum Gasteiger partial charge on any atom is -0.466 e. The maximum Gasteiger partial charge on any atom is 0.333 e. The lowest BCUT2D eigenvalue weighted by Gasteiger charge is -2.44. The molecule has 0 amide bonds. The summed E-state index contributed by atoms with van der Waals surface area (Å²) >= 11 is 0. The monoisotopic (exact) mass is 387 g/mol. The molecule has 5 heteroatoms. The topological polar surface area (TPSA) is 89.6 Å². The number of carbonyl (C=O) groups is 2. The molecule has 0 aliphatic heterocycles. The van der Waals surface area contributed by atoms with Crippen molar-refractivity contribution in [3.8, 4) is 0 Å². The summed E-state index contributed by atoms with van der Waals surface area (Å²) in [6, 6.07) is 0. The Morgan fingerprint density at radius 3 is 2.04 bits per heavy atom. The van der Waals surface area contributed by atoms with Gasteiger partial charge < -0.3 is 20.4 Å². The molecule has 3 N–H and O–H groups in total. The maximum atomic E-state index is 11.8. The Kier molecular flexibility index (Phi) is 20.5. The molecule has 0 saturated heterocycles. The Morgan fingerprint density at radius 1 is 1.19 bits per heavy atom. The van der Waals surface area contributed by atoms with Crippen molar-refractivity contribution in [2.24, 2.45) is 29.4 Å². The third-order valence-corrected chi connectivity index (χ3v) is 4.90. The summed E-state index contributed by atoms with van der Waals surface area (Å²) in [7, 11) is 2.85. The minimum atomic E-state index is -0.531. The van der Waals surface area contributed by atoms with Gasteiger partial charge in [0.25, 0.3) is 0 Å². The van der Waals surface area contributed by atoms with E-state index in [1.165, 1.54) is 14.2 Å². The van der Waals surface area contributed by atoms with E-state index in [9.17, 15) is 14.7 Å². The molecule has 0 aromatic rings. The van der Waals surface area contributed by atoms with Crippen LogP contribution in [0.3, 0.4) is 0 Å². The van der Waals surface area contributed by atoms with Crippen LogP contribution in [0.2, 0.25) is 0 Å². The summed E-state index contributed by atoms with van der Waals surface area (Å²) < 4.78 is 4.78. The van der Waals surface area contributed by atoms with Gasteiger partial charge in [0, 0.05) is 12.0 Å². The molecule has 0 heterocycles. The minimum absolute atomic E-state index is 0.0419. The zero-order chi connectivity index (χ0) is 22.2. The summed E-state index contributed by atoms with van der Waals surface area (Å²) in [4.78, 5) is 23.1. The van der Waals surface area contributed by atoms with Gasteiger partial charge in [-0.2, -0.15) is 0 Å². The van der Waals surface area contributed by atoms with Crippen molar-refractivity contribution in [2.45, 2.75) is 80.3 Å². The Bertz CT molecular complexity index is 407. The molecule has 1 aliphatic carbocycles. The largest absolute Gasteiger partial charge is 0.466 e. The summed E-state index contributed by atoms with van der Waals surface area (Å²) in [5.74, 6) is 0.330. The zero-order valence-electron chi connectivity index (χ0n) is 19.2. The van der Waals surface area contributed by atoms with Crippen LogP contribution in [0.25, 0.3) is 0 Å². The highest BCUT2D eigenvalue weighted by atomic mass is 16.5. The molecule has 1 rings (SSSR count). The van der Waals surface area contributed by atoms with Crippen molar-refractivity contribution >= 4 is 11.8 Å². The second-order valence-electron chi connectivity index (χ2n) is 6.40. The first kappa shape index (κ1) is 30.5. The van der Waals surface area contributed by atoms with Crippen molar-refractivity contribution in [1.29, 1.82) is 0 Å². The first-order valence-corrected chi connectivity index (χ1v) is 10.3. The summed E-state index contributed by atoms with van der Waals surface area (Å²) in [6.07, 6.45) is 2.57. The smallest absolute Gasteiger partial charge is 0.333 e. The van der Waals surface area contributed by atoms with Gasteiger partial charge in [-0.3, -0.25) is 0 Å². The molecule has 3 unspecified atom stereocenters. The highest BCUT2D eigenvalue weighted by Crippen LogP contribution is 2.45. The SMILES string of the molecule is C=C(C(=O)OC)C1CC[C@@H](C)[C@H](CCC(C)=O)C1C(C)O.CC.CC.CN. The van der Waals surface area contributed by atoms with E-state index in [0.717, 1.165) is 19.3 Å². The molecule has 5 atom stereocenters. The second kappa shape index (κ2) is 18.2. The predicted octanol–water partition coefficient (Wildman–Crippen LogP) is 4.37. The molecule has 1 aliphatic rings. The van der Waals surface area contributed by atoms with Gasteiger partial charge in [0.1, 0.15) is 5.78 Å². The zero-order valence-corrected chi connectivity index (χ0v) is 19.2. The molecule has 27 heavy (non-hydrogen) atoms. The lowest BCUT2D eigenvalue weighted by molar-refractivity contribution is -0.137. The van der Waals surface area contributed by atoms with E-state index < -0.39 is 12.1 Å². The Labute approximate surface area is 167 Å². The van der Waals surface area contributed by atoms with E-state index in [-0.39, 0.29) is 23.5 Å². The first-order valence-electron chi connectivity index (χ1n) is 10.3. The number of rotatable bonds is 6. The summed E-state index contributed by atoms with van der Waals surface area (Å²) in [6.45, 7) is 17.4. The number of hydrogen-bond acceptors (Lipinski definition) is 5. The Hall–Kier alpha value is -1.20. The highest BCUT2D eigenvalue weighted by molar-refractivity contribution is 5.88. The number of Topliss-reactive ketones (excluding diaryl/α,β-unsaturated/α-hetero) is 1. The Balaban J connectivity index is -0.000000869. The summed E-state index contributed by atoms with van der Waals surface area (Å²) in [5.41, 5.74) is 4.95. The number of aliphatic hydroxyl groups is 1. The standard InChI is InChI=1S/C17H28O4.2C2H6.CH5N/c1-10-6-8-15(12(3)17(20)21-5)16(13(4)19)14(10)9-7-11(2)18;3*1-2/h10,13-16,19H,3,6-9H2,1-2,4-5H3;2*1-2H3;2H2,1H3/t10-,13?,14+,15?,16?;;;/m1.../s1. The van der Waals surface area contributed by atoms with Gasteiger partial charge in [-0.1, -0.05) is 41.2 Å². The van der Waals surface area contributed by atoms with E-state index in [1.807, 2.05) is 27.7 Å². The van der Waals surface area contributed by atoms with Gasteiger partial charge in [0.15, 0.2) is 0 Å². The van der Waals surface area contributed by atoms with Crippen LogP contribution in [0.15, 0.2) is 12.2 Å².